The van der Waals surface area contributed by atoms with Crippen LogP contribution in [0, 0.1) is 5.92 Å². The number of para-hydroxylation sites is 1. The Balaban J connectivity index is 1.41. The minimum atomic E-state index is -2.80. The van der Waals surface area contributed by atoms with Gasteiger partial charge in [0.15, 0.2) is 0 Å². The second-order valence-electron chi connectivity index (χ2n) is 7.61. The maximum absolute atomic E-state index is 12.5. The normalized spacial score (nSPS) is 19.2. The van der Waals surface area contributed by atoms with Crippen LogP contribution in [-0.4, -0.2) is 43.3 Å². The predicted molar refractivity (Wildman–Crippen MR) is 111 cm³/mol. The number of rotatable bonds is 9. The number of alkyl halides is 2. The lowest BCUT2D eigenvalue weighted by Crippen LogP contribution is -2.31. The van der Waals surface area contributed by atoms with Crippen LogP contribution in [0.2, 0.25) is 0 Å². The zero-order chi connectivity index (χ0) is 20.6. The van der Waals surface area contributed by atoms with Crippen molar-refractivity contribution >= 4 is 11.8 Å². The summed E-state index contributed by atoms with van der Waals surface area (Å²) in [6.45, 7) is -1.42. The van der Waals surface area contributed by atoms with Gasteiger partial charge in [0.25, 0.3) is 0 Å². The quantitative estimate of drug-likeness (QED) is 0.660. The van der Waals surface area contributed by atoms with Gasteiger partial charge in [-0.25, -0.2) is 4.98 Å². The smallest absolute Gasteiger partial charge is 0.387 e. The molecule has 0 aliphatic heterocycles. The molecule has 1 heterocycles. The minimum absolute atomic E-state index is 0.239. The van der Waals surface area contributed by atoms with Gasteiger partial charge in [-0.05, 0) is 50.3 Å². The van der Waals surface area contributed by atoms with Gasteiger partial charge in [-0.2, -0.15) is 13.8 Å². The lowest BCUT2D eigenvalue weighted by molar-refractivity contribution is -0.0505. The van der Waals surface area contributed by atoms with Crippen molar-refractivity contribution in [3.8, 4) is 5.75 Å². The number of hydrogen-bond acceptors (Lipinski definition) is 6. The molecule has 1 aliphatic rings. The molecular formula is C21H29F2N5O. The van der Waals surface area contributed by atoms with Crippen LogP contribution in [-0.2, 0) is 6.54 Å². The number of aromatic nitrogens is 2. The third-order valence-electron chi connectivity index (χ3n) is 5.22. The number of nitrogens with one attached hydrogen (secondary N) is 2. The highest BCUT2D eigenvalue weighted by Gasteiger charge is 2.21. The van der Waals surface area contributed by atoms with E-state index in [1.807, 2.05) is 37.2 Å². The molecule has 1 aliphatic carbocycles. The molecule has 1 aromatic carbocycles. The van der Waals surface area contributed by atoms with Crippen molar-refractivity contribution in [2.45, 2.75) is 44.9 Å². The second-order valence-corrected chi connectivity index (χ2v) is 7.61. The Morgan fingerprint density at radius 3 is 2.62 bits per heavy atom. The Morgan fingerprint density at radius 2 is 1.90 bits per heavy atom. The molecule has 8 heteroatoms. The molecule has 6 nitrogen and oxygen atoms in total. The Kier molecular flexibility index (Phi) is 7.57. The largest absolute Gasteiger partial charge is 0.434 e. The summed E-state index contributed by atoms with van der Waals surface area (Å²) in [4.78, 5) is 10.8. The molecule has 0 spiro atoms. The van der Waals surface area contributed by atoms with Crippen molar-refractivity contribution in [3.63, 3.8) is 0 Å². The number of ether oxygens (including phenoxy) is 1. The van der Waals surface area contributed by atoms with Gasteiger partial charge in [0.2, 0.25) is 5.95 Å². The van der Waals surface area contributed by atoms with Crippen molar-refractivity contribution in [1.29, 1.82) is 0 Å². The van der Waals surface area contributed by atoms with E-state index in [-0.39, 0.29) is 5.75 Å². The maximum atomic E-state index is 12.5. The van der Waals surface area contributed by atoms with Crippen LogP contribution in [0.1, 0.15) is 31.2 Å². The fourth-order valence-electron chi connectivity index (χ4n) is 3.63. The van der Waals surface area contributed by atoms with E-state index < -0.39 is 6.61 Å². The molecule has 29 heavy (non-hydrogen) atoms. The number of halogens is 2. The number of anilines is 2. The summed E-state index contributed by atoms with van der Waals surface area (Å²) in [6, 6.07) is 9.19. The van der Waals surface area contributed by atoms with Crippen molar-refractivity contribution in [2.75, 3.05) is 30.9 Å². The topological polar surface area (TPSA) is 62.3 Å². The molecule has 0 radical (unpaired) electrons. The Morgan fingerprint density at radius 1 is 1.14 bits per heavy atom. The molecule has 0 atom stereocenters. The molecule has 1 fully saturated rings. The van der Waals surface area contributed by atoms with E-state index in [2.05, 4.69) is 25.3 Å². The van der Waals surface area contributed by atoms with Crippen LogP contribution in [0.3, 0.4) is 0 Å². The van der Waals surface area contributed by atoms with Crippen molar-refractivity contribution < 1.29 is 13.5 Å². The number of hydrogen-bond donors (Lipinski definition) is 2. The van der Waals surface area contributed by atoms with Crippen LogP contribution in [0.5, 0.6) is 5.75 Å². The summed E-state index contributed by atoms with van der Waals surface area (Å²) in [5.74, 6) is 2.37. The summed E-state index contributed by atoms with van der Waals surface area (Å²) in [5, 5.41) is 6.84. The summed E-state index contributed by atoms with van der Waals surface area (Å²) in [7, 11) is 3.92. The summed E-state index contributed by atoms with van der Waals surface area (Å²) < 4.78 is 29.6. The van der Waals surface area contributed by atoms with Crippen LogP contribution in [0.25, 0.3) is 0 Å². The molecule has 2 aromatic rings. The van der Waals surface area contributed by atoms with E-state index in [1.54, 1.807) is 18.3 Å². The lowest BCUT2D eigenvalue weighted by atomic mass is 9.86. The minimum Gasteiger partial charge on any atom is -0.434 e. The predicted octanol–water partition coefficient (Wildman–Crippen LogP) is 3.90. The Labute approximate surface area is 170 Å². The second kappa shape index (κ2) is 10.3. The first-order valence-corrected chi connectivity index (χ1v) is 10.0. The van der Waals surface area contributed by atoms with Gasteiger partial charge < -0.3 is 20.3 Å². The standard InChI is InChI=1S/C21H29F2N5O/c1-28(2)19-11-12-25-21(27-19)26-17-9-7-15(8-10-17)13-24-14-16-5-3-4-6-18(16)29-20(22)23/h3-6,11-12,15,17,20,24H,7-10,13-14H2,1-2H3,(H,25,26,27)/t15-,17+. The summed E-state index contributed by atoms with van der Waals surface area (Å²) in [5.41, 5.74) is 0.751. The van der Waals surface area contributed by atoms with E-state index in [4.69, 9.17) is 0 Å². The average molecular weight is 405 g/mol. The molecular weight excluding hydrogens is 376 g/mol. The molecule has 0 bridgehead atoms. The molecule has 2 N–H and O–H groups in total. The first-order chi connectivity index (χ1) is 14.0. The van der Waals surface area contributed by atoms with Crippen molar-refractivity contribution in [2.24, 2.45) is 5.92 Å². The molecule has 158 valence electrons. The van der Waals surface area contributed by atoms with E-state index in [1.165, 1.54) is 0 Å². The van der Waals surface area contributed by atoms with Crippen molar-refractivity contribution in [3.05, 3.63) is 42.1 Å². The monoisotopic (exact) mass is 405 g/mol. The first-order valence-electron chi connectivity index (χ1n) is 10.0. The molecule has 0 amide bonds. The van der Waals surface area contributed by atoms with Crippen molar-refractivity contribution in [1.82, 2.24) is 15.3 Å². The zero-order valence-corrected chi connectivity index (χ0v) is 16.9. The van der Waals surface area contributed by atoms with Crippen LogP contribution in [0.4, 0.5) is 20.5 Å². The van der Waals surface area contributed by atoms with Gasteiger partial charge in [-0.15, -0.1) is 0 Å². The highest BCUT2D eigenvalue weighted by atomic mass is 19.3. The van der Waals surface area contributed by atoms with Gasteiger partial charge >= 0.3 is 6.61 Å². The molecule has 1 aromatic heterocycles. The molecule has 3 rings (SSSR count). The number of nitrogens with zero attached hydrogens (tertiary/aromatic N) is 3. The van der Waals surface area contributed by atoms with Gasteiger partial charge in [0.05, 0.1) is 0 Å². The highest BCUT2D eigenvalue weighted by molar-refractivity contribution is 5.41. The van der Waals surface area contributed by atoms with E-state index in [9.17, 15) is 8.78 Å². The highest BCUT2D eigenvalue weighted by Crippen LogP contribution is 2.26. The van der Waals surface area contributed by atoms with Gasteiger partial charge in [-0.1, -0.05) is 18.2 Å². The Bertz CT molecular complexity index is 766. The van der Waals surface area contributed by atoms with Crippen LogP contribution < -0.4 is 20.3 Å². The van der Waals surface area contributed by atoms with Crippen LogP contribution in [0.15, 0.2) is 36.5 Å². The maximum Gasteiger partial charge on any atom is 0.387 e. The number of benzene rings is 1. The van der Waals surface area contributed by atoms with E-state index in [0.717, 1.165) is 43.6 Å². The molecule has 0 saturated heterocycles. The van der Waals surface area contributed by atoms with Gasteiger partial charge in [-0.3, -0.25) is 0 Å². The van der Waals surface area contributed by atoms with Gasteiger partial charge in [0, 0.05) is 38.4 Å². The summed E-state index contributed by atoms with van der Waals surface area (Å²) in [6.07, 6.45) is 6.11. The van der Waals surface area contributed by atoms with E-state index >= 15 is 0 Å². The van der Waals surface area contributed by atoms with Gasteiger partial charge in [0.1, 0.15) is 11.6 Å². The fourth-order valence-corrected chi connectivity index (χ4v) is 3.63. The SMILES string of the molecule is CN(C)c1ccnc(N[C@H]2CC[C@@H](CNCc3ccccc3OC(F)F)CC2)n1. The van der Waals surface area contributed by atoms with E-state index in [0.29, 0.717) is 24.5 Å². The fraction of sp³-hybridized carbons (Fsp3) is 0.524. The molecule has 0 unspecified atom stereocenters. The third-order valence-corrected chi connectivity index (χ3v) is 5.22. The molecule has 1 saturated carbocycles. The first kappa shape index (κ1) is 21.2. The average Bonchev–Trinajstić information content (AvgIpc) is 2.70. The third kappa shape index (κ3) is 6.52. The Hall–Kier alpha value is -2.48. The summed E-state index contributed by atoms with van der Waals surface area (Å²) >= 11 is 0. The lowest BCUT2D eigenvalue weighted by Gasteiger charge is -2.29. The van der Waals surface area contributed by atoms with Crippen LogP contribution >= 0.6 is 0 Å². The zero-order valence-electron chi connectivity index (χ0n) is 16.9.